The summed E-state index contributed by atoms with van der Waals surface area (Å²) in [6, 6.07) is 2.94. The average molecular weight is 368 g/mol. The molecular formula is C16H22BrN3O2. The molecule has 2 fully saturated rings. The molecule has 0 spiro atoms. The summed E-state index contributed by atoms with van der Waals surface area (Å²) >= 11 is 3.36. The summed E-state index contributed by atoms with van der Waals surface area (Å²) in [5.41, 5.74) is 0.521. The van der Waals surface area contributed by atoms with Crippen LogP contribution in [0.15, 0.2) is 16.7 Å². The van der Waals surface area contributed by atoms with Crippen LogP contribution in [0.2, 0.25) is 0 Å². The monoisotopic (exact) mass is 367 g/mol. The third-order valence-corrected chi connectivity index (χ3v) is 4.93. The lowest BCUT2D eigenvalue weighted by Crippen LogP contribution is -2.61. The van der Waals surface area contributed by atoms with E-state index in [-0.39, 0.29) is 5.97 Å². The van der Waals surface area contributed by atoms with Crippen LogP contribution in [-0.4, -0.2) is 43.2 Å². The molecule has 0 aromatic carbocycles. The smallest absolute Gasteiger partial charge is 0.341 e. The van der Waals surface area contributed by atoms with Crippen LogP contribution in [0.5, 0.6) is 0 Å². The number of carbonyl (C=O) groups is 1. The van der Waals surface area contributed by atoms with Crippen LogP contribution in [0.4, 0.5) is 5.82 Å². The van der Waals surface area contributed by atoms with Gasteiger partial charge in [0.15, 0.2) is 0 Å². The topological polar surface area (TPSA) is 54.5 Å². The van der Waals surface area contributed by atoms with Crippen LogP contribution >= 0.6 is 15.9 Å². The molecule has 1 saturated heterocycles. The minimum atomic E-state index is -0.340. The molecule has 0 atom stereocenters. The summed E-state index contributed by atoms with van der Waals surface area (Å²) in [6.07, 6.45) is 8.37. The molecule has 1 aromatic heterocycles. The number of halogens is 1. The van der Waals surface area contributed by atoms with E-state index in [2.05, 4.69) is 31.1 Å². The van der Waals surface area contributed by atoms with Gasteiger partial charge < -0.3 is 15.0 Å². The zero-order chi connectivity index (χ0) is 15.5. The Morgan fingerprint density at radius 2 is 2.05 bits per heavy atom. The molecule has 0 radical (unpaired) electrons. The second-order valence-corrected chi connectivity index (χ2v) is 7.04. The zero-order valence-electron chi connectivity index (χ0n) is 12.8. The molecule has 3 rings (SSSR count). The zero-order valence-corrected chi connectivity index (χ0v) is 14.4. The van der Waals surface area contributed by atoms with Gasteiger partial charge >= 0.3 is 5.97 Å². The number of nitrogens with one attached hydrogen (secondary N) is 1. The molecule has 1 saturated carbocycles. The highest BCUT2D eigenvalue weighted by molar-refractivity contribution is 9.10. The third kappa shape index (κ3) is 3.43. The van der Waals surface area contributed by atoms with Crippen LogP contribution in [0.25, 0.3) is 0 Å². The van der Waals surface area contributed by atoms with Crippen molar-refractivity contribution in [3.63, 3.8) is 0 Å². The Hall–Kier alpha value is -1.14. The standard InChI is InChI=1S/C16H22BrN3O2/c1-22-16(21)14-7-11(17)8-18-15(14)20-9-13(10-20)19-12-5-3-2-4-6-12/h7-8,12-13,19H,2-6,9-10H2,1H3. The number of methoxy groups -OCH3 is 1. The number of rotatable bonds is 4. The van der Waals surface area contributed by atoms with E-state index < -0.39 is 0 Å². The summed E-state index contributed by atoms with van der Waals surface area (Å²) in [7, 11) is 1.40. The molecule has 22 heavy (non-hydrogen) atoms. The lowest BCUT2D eigenvalue weighted by atomic mass is 9.94. The highest BCUT2D eigenvalue weighted by atomic mass is 79.9. The second kappa shape index (κ2) is 6.96. The molecule has 2 aliphatic rings. The highest BCUT2D eigenvalue weighted by Crippen LogP contribution is 2.27. The van der Waals surface area contributed by atoms with Crippen molar-refractivity contribution < 1.29 is 9.53 Å². The van der Waals surface area contributed by atoms with Gasteiger partial charge in [-0.3, -0.25) is 0 Å². The van der Waals surface area contributed by atoms with Gasteiger partial charge in [0.1, 0.15) is 11.4 Å². The fraction of sp³-hybridized carbons (Fsp3) is 0.625. The fourth-order valence-electron chi connectivity index (χ4n) is 3.30. The Labute approximate surface area is 139 Å². The molecule has 2 heterocycles. The van der Waals surface area contributed by atoms with Crippen LogP contribution in [0.3, 0.4) is 0 Å². The molecule has 120 valence electrons. The second-order valence-electron chi connectivity index (χ2n) is 6.12. The predicted molar refractivity (Wildman–Crippen MR) is 89.3 cm³/mol. The molecule has 6 heteroatoms. The van der Waals surface area contributed by atoms with E-state index in [4.69, 9.17) is 4.74 Å². The Balaban J connectivity index is 1.61. The Morgan fingerprint density at radius 1 is 1.32 bits per heavy atom. The van der Waals surface area contributed by atoms with E-state index in [1.807, 2.05) is 0 Å². The molecule has 0 amide bonds. The first-order valence-corrected chi connectivity index (χ1v) is 8.71. The largest absolute Gasteiger partial charge is 0.465 e. The molecule has 1 aliphatic carbocycles. The van der Waals surface area contributed by atoms with Crippen molar-refractivity contribution in [1.29, 1.82) is 0 Å². The van der Waals surface area contributed by atoms with Gasteiger partial charge in [-0.15, -0.1) is 0 Å². The minimum absolute atomic E-state index is 0.340. The summed E-state index contributed by atoms with van der Waals surface area (Å²) in [6.45, 7) is 1.80. The van der Waals surface area contributed by atoms with Crippen molar-refractivity contribution in [2.24, 2.45) is 0 Å². The summed E-state index contributed by atoms with van der Waals surface area (Å²) in [5, 5.41) is 3.73. The number of aromatic nitrogens is 1. The molecule has 1 N–H and O–H groups in total. The van der Waals surface area contributed by atoms with Crippen molar-refractivity contribution in [2.45, 2.75) is 44.2 Å². The van der Waals surface area contributed by atoms with E-state index in [9.17, 15) is 4.79 Å². The van der Waals surface area contributed by atoms with E-state index in [0.29, 0.717) is 17.6 Å². The summed E-state index contributed by atoms with van der Waals surface area (Å²) in [4.78, 5) is 18.4. The van der Waals surface area contributed by atoms with Gasteiger partial charge in [-0.1, -0.05) is 19.3 Å². The first-order chi connectivity index (χ1) is 10.7. The number of ether oxygens (including phenoxy) is 1. The van der Waals surface area contributed by atoms with Crippen molar-refractivity contribution in [3.05, 3.63) is 22.3 Å². The number of pyridine rings is 1. The number of hydrogen-bond acceptors (Lipinski definition) is 5. The van der Waals surface area contributed by atoms with E-state index >= 15 is 0 Å². The summed E-state index contributed by atoms with van der Waals surface area (Å²) in [5.74, 6) is 0.379. The highest BCUT2D eigenvalue weighted by Gasteiger charge is 2.32. The third-order valence-electron chi connectivity index (χ3n) is 4.50. The van der Waals surface area contributed by atoms with E-state index in [1.165, 1.54) is 39.2 Å². The minimum Gasteiger partial charge on any atom is -0.465 e. The first kappa shape index (κ1) is 15.7. The summed E-state index contributed by atoms with van der Waals surface area (Å²) < 4.78 is 5.64. The van der Waals surface area contributed by atoms with Gasteiger partial charge in [0.2, 0.25) is 0 Å². The molecular weight excluding hydrogens is 346 g/mol. The van der Waals surface area contributed by atoms with Crippen molar-refractivity contribution in [1.82, 2.24) is 10.3 Å². The SMILES string of the molecule is COC(=O)c1cc(Br)cnc1N1CC(NC2CCCCC2)C1. The quantitative estimate of drug-likeness (QED) is 0.829. The van der Waals surface area contributed by atoms with Crippen LogP contribution < -0.4 is 10.2 Å². The predicted octanol–water partition coefficient (Wildman–Crippen LogP) is 2.74. The molecule has 0 unspecified atom stereocenters. The molecule has 0 bridgehead atoms. The van der Waals surface area contributed by atoms with Gasteiger partial charge in [0.05, 0.1) is 7.11 Å². The van der Waals surface area contributed by atoms with Gasteiger partial charge in [-0.25, -0.2) is 9.78 Å². The lowest BCUT2D eigenvalue weighted by molar-refractivity contribution is 0.0600. The van der Waals surface area contributed by atoms with Gasteiger partial charge in [-0.2, -0.15) is 0 Å². The fourth-order valence-corrected chi connectivity index (χ4v) is 3.64. The maximum Gasteiger partial charge on any atom is 0.341 e. The van der Waals surface area contributed by atoms with Gasteiger partial charge in [0, 0.05) is 35.8 Å². The molecule has 1 aliphatic heterocycles. The van der Waals surface area contributed by atoms with Crippen molar-refractivity contribution >= 4 is 27.7 Å². The van der Waals surface area contributed by atoms with E-state index in [0.717, 1.165) is 23.4 Å². The van der Waals surface area contributed by atoms with Crippen molar-refractivity contribution in [3.8, 4) is 0 Å². The molecule has 1 aromatic rings. The number of hydrogen-bond donors (Lipinski definition) is 1. The number of nitrogens with zero attached hydrogens (tertiary/aromatic N) is 2. The number of carbonyl (C=O) groups excluding carboxylic acids is 1. The van der Waals surface area contributed by atoms with Crippen LogP contribution in [0, 0.1) is 0 Å². The van der Waals surface area contributed by atoms with Crippen molar-refractivity contribution in [2.75, 3.05) is 25.1 Å². The average Bonchev–Trinajstić information content (AvgIpc) is 2.51. The number of anilines is 1. The van der Waals surface area contributed by atoms with Gasteiger partial charge in [-0.05, 0) is 34.8 Å². The van der Waals surface area contributed by atoms with Crippen LogP contribution in [-0.2, 0) is 4.74 Å². The van der Waals surface area contributed by atoms with Crippen LogP contribution in [0.1, 0.15) is 42.5 Å². The Kier molecular flexibility index (Phi) is 4.98. The Bertz CT molecular complexity index is 540. The normalized spacial score (nSPS) is 19.8. The molecule has 5 nitrogen and oxygen atoms in total. The number of esters is 1. The lowest BCUT2D eigenvalue weighted by Gasteiger charge is -2.43. The van der Waals surface area contributed by atoms with E-state index in [1.54, 1.807) is 12.3 Å². The van der Waals surface area contributed by atoms with Gasteiger partial charge in [0.25, 0.3) is 0 Å². The Morgan fingerprint density at radius 3 is 2.73 bits per heavy atom. The maximum atomic E-state index is 11.9. The maximum absolute atomic E-state index is 11.9. The first-order valence-electron chi connectivity index (χ1n) is 7.92.